The Morgan fingerprint density at radius 3 is 2.61 bits per heavy atom. The molecule has 0 aliphatic carbocycles. The first-order valence-electron chi connectivity index (χ1n) is 9.41. The molecule has 2 heterocycles. The molecule has 5 heteroatoms. The Hall–Kier alpha value is -2.89. The highest BCUT2D eigenvalue weighted by atomic mass is 32.1. The molecule has 0 saturated carbocycles. The van der Waals surface area contributed by atoms with Crippen LogP contribution in [0.4, 0.5) is 5.69 Å². The predicted molar refractivity (Wildman–Crippen MR) is 117 cm³/mol. The van der Waals surface area contributed by atoms with E-state index in [1.165, 1.54) is 15.8 Å². The second-order valence-corrected chi connectivity index (χ2v) is 7.82. The van der Waals surface area contributed by atoms with Gasteiger partial charge in [-0.2, -0.15) is 0 Å². The summed E-state index contributed by atoms with van der Waals surface area (Å²) in [6, 6.07) is 21.8. The Morgan fingerprint density at radius 1 is 1.04 bits per heavy atom. The molecular formula is C23H23N3OS. The minimum atomic E-state index is -0.298. The summed E-state index contributed by atoms with van der Waals surface area (Å²) < 4.78 is 0. The van der Waals surface area contributed by atoms with Crippen LogP contribution in [0, 0.1) is 0 Å². The number of nitrogens with one attached hydrogen (secondary N) is 3. The Kier molecular flexibility index (Phi) is 5.55. The normalized spacial score (nSPS) is 13.3. The highest BCUT2D eigenvalue weighted by Crippen LogP contribution is 2.32. The summed E-state index contributed by atoms with van der Waals surface area (Å²) in [4.78, 5) is 17.2. The van der Waals surface area contributed by atoms with Crippen molar-refractivity contribution in [2.24, 2.45) is 0 Å². The number of para-hydroxylation sites is 2. The molecule has 0 spiro atoms. The molecule has 0 aliphatic heterocycles. The van der Waals surface area contributed by atoms with Gasteiger partial charge in [-0.1, -0.05) is 42.5 Å². The maximum atomic E-state index is 12.5. The molecular weight excluding hydrogens is 366 g/mol. The molecule has 0 aliphatic rings. The molecule has 142 valence electrons. The van der Waals surface area contributed by atoms with Crippen molar-refractivity contribution >= 4 is 33.8 Å². The smallest absolute Gasteiger partial charge is 0.241 e. The van der Waals surface area contributed by atoms with Crippen molar-refractivity contribution < 1.29 is 4.79 Å². The lowest BCUT2D eigenvalue weighted by Crippen LogP contribution is -2.40. The van der Waals surface area contributed by atoms with E-state index in [9.17, 15) is 4.79 Å². The molecule has 28 heavy (non-hydrogen) atoms. The predicted octanol–water partition coefficient (Wildman–Crippen LogP) is 4.98. The number of H-pyrrole nitrogens is 1. The SMILES string of the molecule is C[C@H](NC[C@@H](c1cccs1)c1c[nH]c2ccccc12)C(=O)Nc1ccccc1. The van der Waals surface area contributed by atoms with Crippen molar-refractivity contribution in [3.8, 4) is 0 Å². The van der Waals surface area contributed by atoms with E-state index in [1.54, 1.807) is 11.3 Å². The summed E-state index contributed by atoms with van der Waals surface area (Å²) in [6.45, 7) is 2.59. The monoisotopic (exact) mass is 389 g/mol. The first-order chi connectivity index (χ1) is 13.7. The number of thiophene rings is 1. The van der Waals surface area contributed by atoms with Crippen LogP contribution in [0.3, 0.4) is 0 Å². The van der Waals surface area contributed by atoms with Crippen LogP contribution in [-0.2, 0) is 4.79 Å². The summed E-state index contributed by atoms with van der Waals surface area (Å²) in [5.74, 6) is 0.151. The maximum Gasteiger partial charge on any atom is 0.241 e. The standard InChI is InChI=1S/C23H23N3OS/c1-16(23(27)26-17-8-3-2-4-9-17)24-15-20(22-12-7-13-28-22)19-14-25-21-11-6-5-10-18(19)21/h2-14,16,20,24-25H,15H2,1H3,(H,26,27)/t16-,20+/m0/s1. The fourth-order valence-electron chi connectivity index (χ4n) is 3.39. The number of amides is 1. The Morgan fingerprint density at radius 2 is 1.82 bits per heavy atom. The zero-order chi connectivity index (χ0) is 19.3. The van der Waals surface area contributed by atoms with Gasteiger partial charge >= 0.3 is 0 Å². The Labute approximate surface area is 168 Å². The van der Waals surface area contributed by atoms with E-state index in [1.807, 2.05) is 43.3 Å². The van der Waals surface area contributed by atoms with Gasteiger partial charge in [0.25, 0.3) is 0 Å². The lowest BCUT2D eigenvalue weighted by atomic mass is 9.96. The molecule has 2 atom stereocenters. The molecule has 0 radical (unpaired) electrons. The number of benzene rings is 2. The molecule has 4 rings (SSSR count). The van der Waals surface area contributed by atoms with Crippen LogP contribution in [0.15, 0.2) is 78.3 Å². The molecule has 1 amide bonds. The molecule has 0 bridgehead atoms. The Balaban J connectivity index is 1.50. The average Bonchev–Trinajstić information content (AvgIpc) is 3.40. The number of fused-ring (bicyclic) bond motifs is 1. The third kappa shape index (κ3) is 4.01. The van der Waals surface area contributed by atoms with Crippen molar-refractivity contribution in [1.29, 1.82) is 0 Å². The van der Waals surface area contributed by atoms with E-state index in [4.69, 9.17) is 0 Å². The van der Waals surface area contributed by atoms with E-state index in [0.717, 1.165) is 11.2 Å². The van der Waals surface area contributed by atoms with Crippen molar-refractivity contribution in [1.82, 2.24) is 10.3 Å². The minimum Gasteiger partial charge on any atom is -0.361 e. The first kappa shape index (κ1) is 18.5. The van der Waals surface area contributed by atoms with Crippen LogP contribution in [0.5, 0.6) is 0 Å². The van der Waals surface area contributed by atoms with Crippen LogP contribution in [-0.4, -0.2) is 23.5 Å². The van der Waals surface area contributed by atoms with Gasteiger partial charge in [-0.15, -0.1) is 11.3 Å². The van der Waals surface area contributed by atoms with Gasteiger partial charge in [-0.3, -0.25) is 4.79 Å². The molecule has 4 nitrogen and oxygen atoms in total. The van der Waals surface area contributed by atoms with Gasteiger partial charge in [0.15, 0.2) is 0 Å². The zero-order valence-corrected chi connectivity index (χ0v) is 16.5. The second-order valence-electron chi connectivity index (χ2n) is 6.84. The summed E-state index contributed by atoms with van der Waals surface area (Å²) in [5.41, 5.74) is 3.20. The summed E-state index contributed by atoms with van der Waals surface area (Å²) in [5, 5.41) is 9.71. The number of carbonyl (C=O) groups excluding carboxylic acids is 1. The van der Waals surface area contributed by atoms with E-state index >= 15 is 0 Å². The first-order valence-corrected chi connectivity index (χ1v) is 10.3. The largest absolute Gasteiger partial charge is 0.361 e. The topological polar surface area (TPSA) is 56.9 Å². The van der Waals surface area contributed by atoms with Gasteiger partial charge in [0.1, 0.15) is 0 Å². The van der Waals surface area contributed by atoms with Crippen LogP contribution in [0.2, 0.25) is 0 Å². The van der Waals surface area contributed by atoms with Crippen LogP contribution in [0.25, 0.3) is 10.9 Å². The fraction of sp³-hybridized carbons (Fsp3) is 0.174. The van der Waals surface area contributed by atoms with Gasteiger partial charge in [-0.25, -0.2) is 0 Å². The highest BCUT2D eigenvalue weighted by Gasteiger charge is 2.21. The van der Waals surface area contributed by atoms with Crippen molar-refractivity contribution in [3.05, 3.63) is 88.7 Å². The van der Waals surface area contributed by atoms with E-state index in [0.29, 0.717) is 6.54 Å². The van der Waals surface area contributed by atoms with Gasteiger partial charge in [0.05, 0.1) is 6.04 Å². The summed E-state index contributed by atoms with van der Waals surface area (Å²) in [7, 11) is 0. The molecule has 2 aromatic carbocycles. The highest BCUT2D eigenvalue weighted by molar-refractivity contribution is 7.10. The third-order valence-electron chi connectivity index (χ3n) is 4.95. The third-order valence-corrected chi connectivity index (χ3v) is 5.93. The second kappa shape index (κ2) is 8.42. The number of carbonyl (C=O) groups is 1. The van der Waals surface area contributed by atoms with E-state index < -0.39 is 0 Å². The van der Waals surface area contributed by atoms with Gasteiger partial charge in [-0.05, 0) is 42.1 Å². The number of aromatic amines is 1. The lowest BCUT2D eigenvalue weighted by Gasteiger charge is -2.20. The number of rotatable bonds is 7. The number of hydrogen-bond acceptors (Lipinski definition) is 3. The number of anilines is 1. The lowest BCUT2D eigenvalue weighted by molar-refractivity contribution is -0.117. The van der Waals surface area contributed by atoms with Crippen LogP contribution < -0.4 is 10.6 Å². The van der Waals surface area contributed by atoms with Crippen LogP contribution in [0.1, 0.15) is 23.3 Å². The zero-order valence-electron chi connectivity index (χ0n) is 15.7. The van der Waals surface area contributed by atoms with Crippen LogP contribution >= 0.6 is 11.3 Å². The van der Waals surface area contributed by atoms with Crippen molar-refractivity contribution in [2.45, 2.75) is 18.9 Å². The molecule has 0 saturated heterocycles. The van der Waals surface area contributed by atoms with Crippen molar-refractivity contribution in [2.75, 3.05) is 11.9 Å². The van der Waals surface area contributed by atoms with Gasteiger partial charge in [0, 0.05) is 40.1 Å². The fourth-order valence-corrected chi connectivity index (χ4v) is 4.24. The maximum absolute atomic E-state index is 12.5. The quantitative estimate of drug-likeness (QED) is 0.418. The number of aromatic nitrogens is 1. The van der Waals surface area contributed by atoms with Gasteiger partial charge in [0.2, 0.25) is 5.91 Å². The van der Waals surface area contributed by atoms with Crippen molar-refractivity contribution in [3.63, 3.8) is 0 Å². The summed E-state index contributed by atoms with van der Waals surface area (Å²) >= 11 is 1.75. The van der Waals surface area contributed by atoms with E-state index in [-0.39, 0.29) is 17.9 Å². The summed E-state index contributed by atoms with van der Waals surface area (Å²) in [6.07, 6.45) is 2.09. The molecule has 4 aromatic rings. The molecule has 0 fully saturated rings. The van der Waals surface area contributed by atoms with Gasteiger partial charge < -0.3 is 15.6 Å². The molecule has 3 N–H and O–H groups in total. The molecule has 0 unspecified atom stereocenters. The minimum absolute atomic E-state index is 0.0324. The van der Waals surface area contributed by atoms with E-state index in [2.05, 4.69) is 57.5 Å². The molecule has 2 aromatic heterocycles. The number of hydrogen-bond donors (Lipinski definition) is 3. The Bertz CT molecular complexity index is 1040. The average molecular weight is 390 g/mol.